The van der Waals surface area contributed by atoms with Gasteiger partial charge in [0.25, 0.3) is 0 Å². The maximum atomic E-state index is 12.7. The molecule has 1 aliphatic heterocycles. The van der Waals surface area contributed by atoms with Crippen LogP contribution in [0.2, 0.25) is 0 Å². The van der Waals surface area contributed by atoms with Crippen molar-refractivity contribution in [3.8, 4) is 5.75 Å². The Hall–Kier alpha value is -2.94. The monoisotopic (exact) mass is 407 g/mol. The molecule has 1 aromatic carbocycles. The van der Waals surface area contributed by atoms with Crippen LogP contribution in [-0.4, -0.2) is 40.7 Å². The van der Waals surface area contributed by atoms with Gasteiger partial charge in [-0.1, -0.05) is 17.7 Å². The van der Waals surface area contributed by atoms with Crippen molar-refractivity contribution in [3.05, 3.63) is 39.4 Å². The molecule has 1 N–H and O–H groups in total. The number of nitrogens with one attached hydrogen (secondary N) is 1. The fourth-order valence-electron chi connectivity index (χ4n) is 3.50. The number of anilines is 1. The van der Waals surface area contributed by atoms with Crippen molar-refractivity contribution in [2.24, 2.45) is 11.8 Å². The molecular weight excluding hydrogens is 390 g/mol. The summed E-state index contributed by atoms with van der Waals surface area (Å²) in [6.45, 7) is 1.46. The summed E-state index contributed by atoms with van der Waals surface area (Å²) < 4.78 is 4.97. The molecule has 3 amide bonds. The molecule has 2 aliphatic rings. The van der Waals surface area contributed by atoms with Gasteiger partial charge in [0.2, 0.25) is 17.7 Å². The molecule has 10 heteroatoms. The highest BCUT2D eigenvalue weighted by Gasteiger charge is 2.51. The number of nitro groups is 1. The van der Waals surface area contributed by atoms with Crippen LogP contribution in [0.1, 0.15) is 19.8 Å². The fourth-order valence-corrected chi connectivity index (χ4v) is 3.76. The van der Waals surface area contributed by atoms with E-state index in [1.807, 2.05) is 0 Å². The summed E-state index contributed by atoms with van der Waals surface area (Å²) in [5, 5.41) is 14.1. The second kappa shape index (κ2) is 7.59. The van der Waals surface area contributed by atoms with Crippen molar-refractivity contribution in [2.45, 2.75) is 25.8 Å². The standard InChI is InChI=1S/C18H18ClN3O6/c1-9(21-17(24)12-5-3-10(19)7-13(12)18(21)25)16(23)20-11-4-6-14(22(26)27)15(8-11)28-2/h3-4,6,8-9,12-13H,5,7H2,1-2H3,(H,20,23)/t9-,12+,13+/m0/s1. The Balaban J connectivity index is 1.76. The summed E-state index contributed by atoms with van der Waals surface area (Å²) >= 11 is 6.00. The van der Waals surface area contributed by atoms with E-state index in [4.69, 9.17) is 16.3 Å². The third-order valence-corrected chi connectivity index (χ3v) is 5.32. The zero-order valence-electron chi connectivity index (χ0n) is 15.2. The number of imide groups is 1. The van der Waals surface area contributed by atoms with Gasteiger partial charge in [-0.05, 0) is 25.8 Å². The molecule has 0 saturated carbocycles. The first-order chi connectivity index (χ1) is 13.2. The van der Waals surface area contributed by atoms with Crippen LogP contribution in [0.4, 0.5) is 11.4 Å². The van der Waals surface area contributed by atoms with Gasteiger partial charge in [0.15, 0.2) is 5.75 Å². The van der Waals surface area contributed by atoms with Crippen LogP contribution in [0.15, 0.2) is 29.3 Å². The Kier molecular flexibility index (Phi) is 5.37. The second-order valence-electron chi connectivity index (χ2n) is 6.66. The van der Waals surface area contributed by atoms with Gasteiger partial charge in [0, 0.05) is 22.9 Å². The summed E-state index contributed by atoms with van der Waals surface area (Å²) in [4.78, 5) is 49.2. The van der Waals surface area contributed by atoms with Crippen molar-refractivity contribution < 1.29 is 24.0 Å². The smallest absolute Gasteiger partial charge is 0.311 e. The van der Waals surface area contributed by atoms with E-state index in [0.717, 1.165) is 4.90 Å². The normalized spacial score (nSPS) is 22.4. The highest BCUT2D eigenvalue weighted by molar-refractivity contribution is 6.30. The molecule has 148 valence electrons. The molecule has 1 aliphatic carbocycles. The molecule has 3 atom stereocenters. The largest absolute Gasteiger partial charge is 0.490 e. The third kappa shape index (κ3) is 3.45. The quantitative estimate of drug-likeness (QED) is 0.455. The zero-order chi connectivity index (χ0) is 20.6. The molecule has 1 fully saturated rings. The first-order valence-electron chi connectivity index (χ1n) is 8.59. The van der Waals surface area contributed by atoms with Crippen molar-refractivity contribution >= 4 is 40.7 Å². The number of benzene rings is 1. The molecule has 28 heavy (non-hydrogen) atoms. The van der Waals surface area contributed by atoms with E-state index in [0.29, 0.717) is 17.9 Å². The van der Waals surface area contributed by atoms with Gasteiger partial charge in [-0.2, -0.15) is 0 Å². The first-order valence-corrected chi connectivity index (χ1v) is 8.97. The van der Waals surface area contributed by atoms with Crippen LogP contribution in [0.25, 0.3) is 0 Å². The lowest BCUT2D eigenvalue weighted by Crippen LogP contribution is -2.46. The Morgan fingerprint density at radius 3 is 2.68 bits per heavy atom. The maximum Gasteiger partial charge on any atom is 0.311 e. The lowest BCUT2D eigenvalue weighted by atomic mass is 9.85. The molecule has 1 heterocycles. The van der Waals surface area contributed by atoms with Gasteiger partial charge < -0.3 is 10.1 Å². The molecule has 9 nitrogen and oxygen atoms in total. The van der Waals surface area contributed by atoms with E-state index in [9.17, 15) is 24.5 Å². The predicted octanol–water partition coefficient (Wildman–Crippen LogP) is 2.45. The number of hydrogen-bond donors (Lipinski definition) is 1. The molecule has 0 radical (unpaired) electrons. The summed E-state index contributed by atoms with van der Waals surface area (Å²) in [7, 11) is 1.28. The zero-order valence-corrected chi connectivity index (χ0v) is 15.9. The van der Waals surface area contributed by atoms with Gasteiger partial charge in [-0.25, -0.2) is 0 Å². The van der Waals surface area contributed by atoms with E-state index in [1.54, 1.807) is 6.08 Å². The molecule has 3 rings (SSSR count). The highest BCUT2D eigenvalue weighted by Crippen LogP contribution is 2.39. The molecule has 0 unspecified atom stereocenters. The number of carbonyl (C=O) groups excluding carboxylic acids is 3. The number of halogens is 1. The van der Waals surface area contributed by atoms with Crippen molar-refractivity contribution in [1.29, 1.82) is 0 Å². The number of carbonyl (C=O) groups is 3. The van der Waals surface area contributed by atoms with Gasteiger partial charge in [0.1, 0.15) is 6.04 Å². The molecule has 0 bridgehead atoms. The topological polar surface area (TPSA) is 119 Å². The minimum atomic E-state index is -1.04. The number of methoxy groups -OCH3 is 1. The van der Waals surface area contributed by atoms with E-state index < -0.39 is 34.6 Å². The number of allylic oxidation sites excluding steroid dienone is 2. The van der Waals surface area contributed by atoms with Gasteiger partial charge >= 0.3 is 5.69 Å². The van der Waals surface area contributed by atoms with Crippen molar-refractivity contribution in [1.82, 2.24) is 4.90 Å². The Labute approximate surface area is 165 Å². The SMILES string of the molecule is COc1cc(NC(=O)[C@H](C)N2C(=O)[C@@H]3CC=C(Cl)C[C@H]3C2=O)ccc1[N+](=O)[O-]. The summed E-state index contributed by atoms with van der Waals surface area (Å²) in [5.41, 5.74) is 0.00687. The van der Waals surface area contributed by atoms with Crippen LogP contribution in [0.5, 0.6) is 5.75 Å². The molecule has 1 aromatic rings. The number of nitrogens with zero attached hydrogens (tertiary/aromatic N) is 2. The molecule has 0 spiro atoms. The lowest BCUT2D eigenvalue weighted by molar-refractivity contribution is -0.385. The van der Waals surface area contributed by atoms with Crippen LogP contribution in [-0.2, 0) is 14.4 Å². The van der Waals surface area contributed by atoms with Crippen LogP contribution in [0, 0.1) is 22.0 Å². The number of likely N-dealkylation sites (tertiary alicyclic amines) is 1. The Morgan fingerprint density at radius 1 is 1.36 bits per heavy atom. The molecule has 1 saturated heterocycles. The second-order valence-corrected chi connectivity index (χ2v) is 7.14. The average molecular weight is 408 g/mol. The molecule has 0 aromatic heterocycles. The number of rotatable bonds is 5. The van der Waals surface area contributed by atoms with Gasteiger partial charge in [-0.3, -0.25) is 29.4 Å². The molecular formula is C18H18ClN3O6. The highest BCUT2D eigenvalue weighted by atomic mass is 35.5. The maximum absolute atomic E-state index is 12.7. The number of ether oxygens (including phenoxy) is 1. The Bertz CT molecular complexity index is 899. The lowest BCUT2D eigenvalue weighted by Gasteiger charge is -2.22. The van der Waals surface area contributed by atoms with E-state index >= 15 is 0 Å². The number of fused-ring (bicyclic) bond motifs is 1. The number of nitro benzene ring substituents is 1. The minimum Gasteiger partial charge on any atom is -0.490 e. The third-order valence-electron chi connectivity index (χ3n) is 5.01. The van der Waals surface area contributed by atoms with E-state index in [1.165, 1.54) is 32.2 Å². The first kappa shape index (κ1) is 19.8. The summed E-state index contributed by atoms with van der Waals surface area (Å²) in [6.07, 6.45) is 2.39. The van der Waals surface area contributed by atoms with Gasteiger partial charge in [-0.15, -0.1) is 0 Å². The van der Waals surface area contributed by atoms with E-state index in [-0.39, 0.29) is 23.0 Å². The Morgan fingerprint density at radius 2 is 2.04 bits per heavy atom. The van der Waals surface area contributed by atoms with Crippen molar-refractivity contribution in [3.63, 3.8) is 0 Å². The van der Waals surface area contributed by atoms with Gasteiger partial charge in [0.05, 0.1) is 23.9 Å². The summed E-state index contributed by atoms with van der Waals surface area (Å²) in [6, 6.07) is 2.82. The predicted molar refractivity (Wildman–Crippen MR) is 99.7 cm³/mol. The van der Waals surface area contributed by atoms with Crippen molar-refractivity contribution in [2.75, 3.05) is 12.4 Å². The summed E-state index contributed by atoms with van der Waals surface area (Å²) in [5.74, 6) is -2.44. The average Bonchev–Trinajstić information content (AvgIpc) is 2.90. The van der Waals surface area contributed by atoms with E-state index in [2.05, 4.69) is 5.32 Å². The number of hydrogen-bond acceptors (Lipinski definition) is 6. The van der Waals surface area contributed by atoms with Crippen LogP contribution in [0.3, 0.4) is 0 Å². The number of amides is 3. The minimum absolute atomic E-state index is 0.0180. The van der Waals surface area contributed by atoms with Crippen LogP contribution >= 0.6 is 11.6 Å². The van der Waals surface area contributed by atoms with Crippen LogP contribution < -0.4 is 10.1 Å². The fraction of sp³-hybridized carbons (Fsp3) is 0.389.